The third-order valence-corrected chi connectivity index (χ3v) is 6.40. The summed E-state index contributed by atoms with van der Waals surface area (Å²) in [6.07, 6.45) is 3.58. The smallest absolute Gasteiger partial charge is 0.284 e. The summed E-state index contributed by atoms with van der Waals surface area (Å²) in [7, 11) is -1.98. The second-order valence-electron chi connectivity index (χ2n) is 6.62. The average molecular weight is 418 g/mol. The lowest BCUT2D eigenvalue weighted by atomic mass is 10.1. The first-order chi connectivity index (χ1) is 13.4. The van der Waals surface area contributed by atoms with Crippen molar-refractivity contribution in [2.75, 3.05) is 25.2 Å². The number of nitrogens with one attached hydrogen (secondary N) is 1. The van der Waals surface area contributed by atoms with Crippen LogP contribution < -0.4 is 5.32 Å². The van der Waals surface area contributed by atoms with Crippen LogP contribution in [0.4, 0.5) is 5.69 Å². The molecule has 8 heteroatoms. The van der Waals surface area contributed by atoms with Crippen molar-refractivity contribution in [2.24, 2.45) is 4.40 Å². The van der Waals surface area contributed by atoms with Crippen molar-refractivity contribution in [3.05, 3.63) is 59.7 Å². The third kappa shape index (κ3) is 4.94. The van der Waals surface area contributed by atoms with Gasteiger partial charge in [-0.2, -0.15) is 20.2 Å². The molecule has 6 nitrogen and oxygen atoms in total. The number of anilines is 1. The van der Waals surface area contributed by atoms with Gasteiger partial charge in [-0.15, -0.1) is 4.40 Å². The van der Waals surface area contributed by atoms with E-state index < -0.39 is 10.0 Å². The molecule has 2 aromatic carbocycles. The van der Waals surface area contributed by atoms with E-state index in [1.54, 1.807) is 36.0 Å². The molecule has 1 heterocycles. The van der Waals surface area contributed by atoms with Crippen LogP contribution in [-0.4, -0.2) is 44.9 Å². The number of nitrogens with zero attached hydrogens (tertiary/aromatic N) is 2. The Bertz CT molecular complexity index is 986. The number of benzene rings is 2. The van der Waals surface area contributed by atoms with Gasteiger partial charge in [-0.3, -0.25) is 4.79 Å². The minimum Gasteiger partial charge on any atom is -0.362 e. The minimum absolute atomic E-state index is 0.0634. The van der Waals surface area contributed by atoms with E-state index in [-0.39, 0.29) is 10.8 Å². The number of thioether (sulfide) groups is 1. The van der Waals surface area contributed by atoms with E-state index in [1.807, 2.05) is 30.3 Å². The molecule has 1 amide bonds. The van der Waals surface area contributed by atoms with E-state index in [0.29, 0.717) is 23.5 Å². The van der Waals surface area contributed by atoms with Gasteiger partial charge in [0.2, 0.25) is 0 Å². The largest absolute Gasteiger partial charge is 0.362 e. The van der Waals surface area contributed by atoms with E-state index in [1.165, 1.54) is 12.1 Å². The van der Waals surface area contributed by atoms with Crippen molar-refractivity contribution in [2.45, 2.75) is 23.5 Å². The summed E-state index contributed by atoms with van der Waals surface area (Å²) < 4.78 is 29.2. The molecular weight excluding hydrogens is 394 g/mol. The second kappa shape index (κ2) is 8.79. The topological polar surface area (TPSA) is 78.8 Å². The number of hydrogen-bond donors (Lipinski definition) is 1. The zero-order chi connectivity index (χ0) is 20.1. The molecule has 0 bridgehead atoms. The fourth-order valence-corrected chi connectivity index (χ4v) is 4.62. The number of amides is 1. The summed E-state index contributed by atoms with van der Waals surface area (Å²) in [5.74, 6) is 1.17. The SMILES string of the molecule is CSCc1ccc(C(=O)Nc2cccc(S(=O)(=O)N=C3CCCN3C)c2)cc1. The lowest BCUT2D eigenvalue weighted by molar-refractivity contribution is 0.102. The van der Waals surface area contributed by atoms with E-state index >= 15 is 0 Å². The lowest BCUT2D eigenvalue weighted by Gasteiger charge is -2.11. The molecule has 28 heavy (non-hydrogen) atoms. The maximum Gasteiger partial charge on any atom is 0.284 e. The van der Waals surface area contributed by atoms with Gasteiger partial charge in [0.15, 0.2) is 0 Å². The van der Waals surface area contributed by atoms with Crippen LogP contribution in [0.2, 0.25) is 0 Å². The minimum atomic E-state index is -3.82. The number of hydrogen-bond acceptors (Lipinski definition) is 4. The Labute approximate surface area is 170 Å². The molecule has 148 valence electrons. The van der Waals surface area contributed by atoms with Gasteiger partial charge in [0, 0.05) is 37.0 Å². The molecule has 3 rings (SSSR count). The number of likely N-dealkylation sites (tertiary alicyclic amines) is 1. The standard InChI is InChI=1S/C20H23N3O3S2/c1-23-12-4-7-19(23)22-28(25,26)18-6-3-5-17(13-18)21-20(24)16-10-8-15(9-11-16)14-27-2/h3,5-6,8-11,13H,4,7,12,14H2,1-2H3,(H,21,24). The quantitative estimate of drug-likeness (QED) is 0.777. The fraction of sp³-hybridized carbons (Fsp3) is 0.300. The van der Waals surface area contributed by atoms with E-state index in [0.717, 1.165) is 24.3 Å². The Morgan fingerprint density at radius 1 is 1.21 bits per heavy atom. The number of sulfonamides is 1. The van der Waals surface area contributed by atoms with Gasteiger partial charge in [-0.1, -0.05) is 18.2 Å². The molecule has 0 aliphatic carbocycles. The van der Waals surface area contributed by atoms with Crippen LogP contribution in [0.3, 0.4) is 0 Å². The molecule has 1 fully saturated rings. The summed E-state index contributed by atoms with van der Waals surface area (Å²) >= 11 is 1.72. The second-order valence-corrected chi connectivity index (χ2v) is 9.09. The van der Waals surface area contributed by atoms with Crippen LogP contribution in [-0.2, 0) is 15.8 Å². The van der Waals surface area contributed by atoms with Gasteiger partial charge in [-0.25, -0.2) is 0 Å². The predicted molar refractivity (Wildman–Crippen MR) is 115 cm³/mol. The number of carbonyl (C=O) groups excluding carboxylic acids is 1. The first-order valence-corrected chi connectivity index (χ1v) is 11.8. The Morgan fingerprint density at radius 2 is 1.96 bits per heavy atom. The van der Waals surface area contributed by atoms with Crippen LogP contribution in [0.25, 0.3) is 0 Å². The molecule has 0 saturated carbocycles. The van der Waals surface area contributed by atoms with Gasteiger partial charge in [0.1, 0.15) is 5.84 Å². The maximum absolute atomic E-state index is 12.6. The monoisotopic (exact) mass is 417 g/mol. The van der Waals surface area contributed by atoms with Gasteiger partial charge >= 0.3 is 0 Å². The molecule has 1 saturated heterocycles. The van der Waals surface area contributed by atoms with Gasteiger partial charge in [-0.05, 0) is 48.6 Å². The molecule has 1 aliphatic heterocycles. The zero-order valence-corrected chi connectivity index (χ0v) is 17.5. The summed E-state index contributed by atoms with van der Waals surface area (Å²) in [5, 5.41) is 2.76. The molecule has 0 aromatic heterocycles. The molecule has 0 unspecified atom stereocenters. The Balaban J connectivity index is 1.76. The molecule has 1 aliphatic rings. The summed E-state index contributed by atoms with van der Waals surface area (Å²) in [4.78, 5) is 14.4. The summed E-state index contributed by atoms with van der Waals surface area (Å²) in [6, 6.07) is 13.6. The van der Waals surface area contributed by atoms with Crippen LogP contribution in [0, 0.1) is 0 Å². The van der Waals surface area contributed by atoms with E-state index in [4.69, 9.17) is 0 Å². The highest BCUT2D eigenvalue weighted by atomic mass is 32.2. The van der Waals surface area contributed by atoms with Crippen LogP contribution >= 0.6 is 11.8 Å². The third-order valence-electron chi connectivity index (χ3n) is 4.48. The molecular formula is C20H23N3O3S2. The number of amidine groups is 1. The highest BCUT2D eigenvalue weighted by Crippen LogP contribution is 2.21. The zero-order valence-electron chi connectivity index (χ0n) is 15.9. The molecule has 2 aromatic rings. The highest BCUT2D eigenvalue weighted by Gasteiger charge is 2.20. The molecule has 0 radical (unpaired) electrons. The summed E-state index contributed by atoms with van der Waals surface area (Å²) in [6.45, 7) is 0.806. The molecule has 0 atom stereocenters. The van der Waals surface area contributed by atoms with Gasteiger partial charge < -0.3 is 10.2 Å². The van der Waals surface area contributed by atoms with Crippen molar-refractivity contribution in [3.63, 3.8) is 0 Å². The van der Waals surface area contributed by atoms with Crippen LogP contribution in [0.1, 0.15) is 28.8 Å². The fourth-order valence-electron chi connectivity index (χ4n) is 2.96. The van der Waals surface area contributed by atoms with Gasteiger partial charge in [0.05, 0.1) is 4.90 Å². The summed E-state index contributed by atoms with van der Waals surface area (Å²) in [5.41, 5.74) is 2.08. The van der Waals surface area contributed by atoms with Crippen molar-refractivity contribution in [1.82, 2.24) is 4.90 Å². The van der Waals surface area contributed by atoms with E-state index in [9.17, 15) is 13.2 Å². The lowest BCUT2D eigenvalue weighted by Crippen LogP contribution is -2.20. The van der Waals surface area contributed by atoms with Crippen molar-refractivity contribution < 1.29 is 13.2 Å². The van der Waals surface area contributed by atoms with Crippen LogP contribution in [0.15, 0.2) is 57.8 Å². The van der Waals surface area contributed by atoms with Gasteiger partial charge in [0.25, 0.3) is 15.9 Å². The number of rotatable bonds is 6. The van der Waals surface area contributed by atoms with Crippen molar-refractivity contribution in [1.29, 1.82) is 0 Å². The number of carbonyl (C=O) groups is 1. The Morgan fingerprint density at radius 3 is 2.61 bits per heavy atom. The first kappa shape index (κ1) is 20.4. The van der Waals surface area contributed by atoms with Crippen molar-refractivity contribution in [3.8, 4) is 0 Å². The maximum atomic E-state index is 12.6. The van der Waals surface area contributed by atoms with Crippen LogP contribution in [0.5, 0.6) is 0 Å². The highest BCUT2D eigenvalue weighted by molar-refractivity contribution is 7.97. The first-order valence-electron chi connectivity index (χ1n) is 8.93. The predicted octanol–water partition coefficient (Wildman–Crippen LogP) is 3.61. The van der Waals surface area contributed by atoms with E-state index in [2.05, 4.69) is 9.71 Å². The average Bonchev–Trinajstić information content (AvgIpc) is 3.07. The Kier molecular flexibility index (Phi) is 6.41. The molecule has 0 spiro atoms. The Hall–Kier alpha value is -2.32. The molecule has 1 N–H and O–H groups in total. The van der Waals surface area contributed by atoms with Crippen molar-refractivity contribution >= 4 is 39.2 Å². The normalized spacial score (nSPS) is 15.8.